The van der Waals surface area contributed by atoms with Crippen LogP contribution < -0.4 is 4.74 Å². The predicted octanol–water partition coefficient (Wildman–Crippen LogP) is 6.75. The Hall–Kier alpha value is -2.86. The molecule has 2 aromatic carbocycles. The van der Waals surface area contributed by atoms with Gasteiger partial charge in [-0.15, -0.1) is 0 Å². The van der Waals surface area contributed by atoms with E-state index in [1.165, 1.54) is 0 Å². The summed E-state index contributed by atoms with van der Waals surface area (Å²) in [7, 11) is 0. The van der Waals surface area contributed by atoms with Crippen LogP contribution in [0.15, 0.2) is 54.6 Å². The Balaban J connectivity index is 1.52. The van der Waals surface area contributed by atoms with E-state index in [9.17, 15) is 9.90 Å². The number of hydrogen-bond donors (Lipinski definition) is 1. The molecule has 0 bridgehead atoms. The van der Waals surface area contributed by atoms with Gasteiger partial charge in [0.25, 0.3) is 0 Å². The Morgan fingerprint density at radius 3 is 2.74 bits per heavy atom. The van der Waals surface area contributed by atoms with Gasteiger partial charge < -0.3 is 9.84 Å². The topological polar surface area (TPSA) is 62.7 Å². The molecule has 0 unspecified atom stereocenters. The first-order chi connectivity index (χ1) is 16.4. The minimum Gasteiger partial charge on any atom is -0.507 e. The van der Waals surface area contributed by atoms with Gasteiger partial charge in [-0.3, -0.25) is 14.7 Å². The van der Waals surface area contributed by atoms with Crippen molar-refractivity contribution >= 4 is 35.1 Å². The van der Waals surface area contributed by atoms with Gasteiger partial charge in [-0.2, -0.15) is 0 Å². The van der Waals surface area contributed by atoms with E-state index in [4.69, 9.17) is 27.9 Å². The van der Waals surface area contributed by atoms with Crippen LogP contribution in [-0.2, 0) is 6.54 Å². The monoisotopic (exact) mass is 494 g/mol. The number of hydrogen-bond acceptors (Lipinski definition) is 5. The van der Waals surface area contributed by atoms with Gasteiger partial charge in [0.15, 0.2) is 5.76 Å². The summed E-state index contributed by atoms with van der Waals surface area (Å²) in [6.07, 6.45) is 8.46. The maximum atomic E-state index is 13.3. The van der Waals surface area contributed by atoms with Crippen LogP contribution >= 0.6 is 23.2 Å². The summed E-state index contributed by atoms with van der Waals surface area (Å²) in [5, 5.41) is 11.8. The molecule has 5 rings (SSSR count). The third-order valence-electron chi connectivity index (χ3n) is 6.54. The van der Waals surface area contributed by atoms with Gasteiger partial charge in [-0.25, -0.2) is 0 Å². The largest absolute Gasteiger partial charge is 0.507 e. The maximum absolute atomic E-state index is 13.3. The van der Waals surface area contributed by atoms with Crippen molar-refractivity contribution in [2.75, 3.05) is 6.54 Å². The van der Waals surface area contributed by atoms with E-state index in [0.29, 0.717) is 44.6 Å². The van der Waals surface area contributed by atoms with E-state index in [1.807, 2.05) is 12.3 Å². The molecule has 1 N–H and O–H groups in total. The van der Waals surface area contributed by atoms with Gasteiger partial charge in [0.1, 0.15) is 11.5 Å². The van der Waals surface area contributed by atoms with Crippen LogP contribution in [0.2, 0.25) is 10.0 Å². The molecular weight excluding hydrogens is 471 g/mol. The number of likely N-dealkylation sites (tertiary alicyclic amines) is 1. The highest BCUT2D eigenvalue weighted by Crippen LogP contribution is 2.44. The number of allylic oxidation sites excluding steroid dienone is 1. The third kappa shape index (κ3) is 4.20. The molecule has 3 aromatic rings. The Labute approximate surface area is 208 Å². The first kappa shape index (κ1) is 22.9. The number of ether oxygens (including phenoxy) is 1. The zero-order valence-electron chi connectivity index (χ0n) is 18.7. The molecule has 7 heteroatoms. The van der Waals surface area contributed by atoms with Crippen molar-refractivity contribution in [3.05, 3.63) is 92.4 Å². The van der Waals surface area contributed by atoms with Crippen LogP contribution in [0.4, 0.5) is 0 Å². The zero-order chi connectivity index (χ0) is 23.8. The van der Waals surface area contributed by atoms with Gasteiger partial charge in [0, 0.05) is 40.6 Å². The molecule has 2 aliphatic rings. The lowest BCUT2D eigenvalue weighted by Crippen LogP contribution is -2.33. The van der Waals surface area contributed by atoms with Crippen molar-refractivity contribution in [2.24, 2.45) is 0 Å². The van der Waals surface area contributed by atoms with Crippen molar-refractivity contribution in [2.45, 2.75) is 38.8 Å². The highest BCUT2D eigenvalue weighted by Gasteiger charge is 2.35. The number of fused-ring (bicyclic) bond motifs is 1. The lowest BCUT2D eigenvalue weighted by molar-refractivity contribution is 0.101. The number of Topliss-reactive ketones (excluding diaryl/α,β-unsaturated/α-hetero) is 1. The molecule has 0 aliphatic carbocycles. The normalized spacial score (nSPS) is 19.3. The fourth-order valence-corrected chi connectivity index (χ4v) is 5.35. The highest BCUT2D eigenvalue weighted by molar-refractivity contribution is 6.37. The van der Waals surface area contributed by atoms with E-state index >= 15 is 0 Å². The van der Waals surface area contributed by atoms with Crippen LogP contribution in [0.1, 0.15) is 57.9 Å². The number of ketones is 1. The molecule has 1 atom stereocenters. The van der Waals surface area contributed by atoms with Crippen LogP contribution in [0.25, 0.3) is 6.08 Å². The molecule has 34 heavy (non-hydrogen) atoms. The number of rotatable bonds is 4. The second kappa shape index (κ2) is 9.41. The molecular formula is C27H24Cl2N2O3. The average Bonchev–Trinajstić information content (AvgIpc) is 3.16. The minimum absolute atomic E-state index is 0.122. The summed E-state index contributed by atoms with van der Waals surface area (Å²) in [6.45, 7) is 3.14. The van der Waals surface area contributed by atoms with Gasteiger partial charge in [-0.1, -0.05) is 41.8 Å². The minimum atomic E-state index is -0.243. The Bertz CT molecular complexity index is 1270. The Morgan fingerprint density at radius 1 is 1.21 bits per heavy atom. The molecule has 174 valence electrons. The van der Waals surface area contributed by atoms with Gasteiger partial charge in [0.2, 0.25) is 5.78 Å². The van der Waals surface area contributed by atoms with Crippen LogP contribution in [-0.4, -0.2) is 27.3 Å². The van der Waals surface area contributed by atoms with E-state index in [-0.39, 0.29) is 23.3 Å². The van der Waals surface area contributed by atoms with E-state index < -0.39 is 0 Å². The number of carbonyl (C=O) groups is 1. The first-order valence-electron chi connectivity index (χ1n) is 11.3. The molecule has 0 amide bonds. The average molecular weight is 495 g/mol. The summed E-state index contributed by atoms with van der Waals surface area (Å²) in [5.74, 6) is 0.429. The molecule has 1 aromatic heterocycles. The summed E-state index contributed by atoms with van der Waals surface area (Å²) in [5.41, 5.74) is 3.42. The first-order valence-corrected chi connectivity index (χ1v) is 12.1. The molecule has 1 saturated heterocycles. The Morgan fingerprint density at radius 2 is 2.00 bits per heavy atom. The van der Waals surface area contributed by atoms with Crippen molar-refractivity contribution in [3.63, 3.8) is 0 Å². The molecule has 0 saturated carbocycles. The third-order valence-corrected chi connectivity index (χ3v) is 7.20. The summed E-state index contributed by atoms with van der Waals surface area (Å²) in [6, 6.07) is 11.0. The highest BCUT2D eigenvalue weighted by atomic mass is 35.5. The van der Waals surface area contributed by atoms with Crippen molar-refractivity contribution in [3.8, 4) is 11.5 Å². The molecule has 3 heterocycles. The number of pyridine rings is 1. The lowest BCUT2D eigenvalue weighted by atomic mass is 9.94. The van der Waals surface area contributed by atoms with Crippen LogP contribution in [0.5, 0.6) is 11.5 Å². The number of phenols is 1. The zero-order valence-corrected chi connectivity index (χ0v) is 20.2. The summed E-state index contributed by atoms with van der Waals surface area (Å²) in [4.78, 5) is 19.9. The number of piperidine rings is 1. The quantitative estimate of drug-likeness (QED) is 0.406. The molecule has 5 nitrogen and oxygen atoms in total. The number of aromatic hydroxyl groups is 1. The number of halogens is 2. The second-order valence-corrected chi connectivity index (χ2v) is 9.55. The number of phenolic OH excluding ortho intramolecular Hbond substituents is 1. The maximum Gasteiger partial charge on any atom is 0.232 e. The standard InChI is InChI=1S/C27H24Cl2N2O3/c1-16-12-23(32)19(15-31-11-3-2-9-22(31)17-6-5-10-30-14-17)27-25(16)26(33)24(34-27)13-18-20(28)7-4-8-21(18)29/h4-8,10,12-14,22,32H,2-3,9,11,15H2,1H3/b24-13-/t22-/m0/s1. The molecule has 0 spiro atoms. The van der Waals surface area contributed by atoms with E-state index in [0.717, 1.165) is 31.4 Å². The number of nitrogens with zero attached hydrogens (tertiary/aromatic N) is 2. The van der Waals surface area contributed by atoms with Crippen molar-refractivity contribution < 1.29 is 14.6 Å². The van der Waals surface area contributed by atoms with Crippen molar-refractivity contribution in [1.29, 1.82) is 0 Å². The molecule has 2 aliphatic heterocycles. The van der Waals surface area contributed by atoms with Crippen LogP contribution in [0.3, 0.4) is 0 Å². The number of carbonyl (C=O) groups excluding carboxylic acids is 1. The van der Waals surface area contributed by atoms with Gasteiger partial charge in [-0.05, 0) is 67.8 Å². The van der Waals surface area contributed by atoms with E-state index in [1.54, 1.807) is 43.5 Å². The summed E-state index contributed by atoms with van der Waals surface area (Å²) < 4.78 is 6.10. The second-order valence-electron chi connectivity index (χ2n) is 8.74. The predicted molar refractivity (Wildman–Crippen MR) is 133 cm³/mol. The number of aromatic nitrogens is 1. The van der Waals surface area contributed by atoms with Gasteiger partial charge >= 0.3 is 0 Å². The number of benzene rings is 2. The van der Waals surface area contributed by atoms with Gasteiger partial charge in [0.05, 0.1) is 11.1 Å². The summed E-state index contributed by atoms with van der Waals surface area (Å²) >= 11 is 12.6. The van der Waals surface area contributed by atoms with Crippen molar-refractivity contribution in [1.82, 2.24) is 9.88 Å². The fourth-order valence-electron chi connectivity index (χ4n) is 4.85. The molecule has 0 radical (unpaired) electrons. The van der Waals surface area contributed by atoms with E-state index in [2.05, 4.69) is 16.0 Å². The molecule has 1 fully saturated rings. The fraction of sp³-hybridized carbons (Fsp3) is 0.259. The number of aryl methyl sites for hydroxylation is 1. The smallest absolute Gasteiger partial charge is 0.232 e. The Kier molecular flexibility index (Phi) is 6.34. The van der Waals surface area contributed by atoms with Crippen LogP contribution in [0, 0.1) is 6.92 Å². The lowest BCUT2D eigenvalue weighted by Gasteiger charge is -2.36. The SMILES string of the molecule is Cc1cc(O)c(CN2CCCC[C@H]2c2cccnc2)c2c1C(=O)/C(=C/c1c(Cl)cccc1Cl)O2.